The lowest BCUT2D eigenvalue weighted by Crippen LogP contribution is -2.31. The number of hydrogen-bond acceptors (Lipinski definition) is 1. The summed E-state index contributed by atoms with van der Waals surface area (Å²) in [6, 6.07) is 0. The van der Waals surface area contributed by atoms with E-state index in [1.807, 2.05) is 0 Å². The Labute approximate surface area is 64.5 Å². The van der Waals surface area contributed by atoms with Gasteiger partial charge in [0.1, 0.15) is 0 Å². The van der Waals surface area contributed by atoms with Crippen molar-refractivity contribution in [1.82, 2.24) is 0 Å². The Hall–Kier alpha value is -0.250. The van der Waals surface area contributed by atoms with Crippen molar-refractivity contribution in [3.63, 3.8) is 0 Å². The van der Waals surface area contributed by atoms with E-state index in [9.17, 15) is 13.2 Å². The maximum absolute atomic E-state index is 11.8. The van der Waals surface area contributed by atoms with Crippen molar-refractivity contribution in [3.8, 4) is 0 Å². The molecule has 0 aliphatic rings. The minimum Gasteiger partial charge on any atom is -0.376 e. The Morgan fingerprint density at radius 2 is 1.64 bits per heavy atom. The maximum atomic E-state index is 11.8. The van der Waals surface area contributed by atoms with Gasteiger partial charge in [0, 0.05) is 6.61 Å². The van der Waals surface area contributed by atoms with Crippen molar-refractivity contribution in [2.45, 2.75) is 39.0 Å². The number of hydrogen-bond donors (Lipinski definition) is 0. The second-order valence-electron chi connectivity index (χ2n) is 2.98. The van der Waals surface area contributed by atoms with Crippen LogP contribution in [0.5, 0.6) is 0 Å². The van der Waals surface area contributed by atoms with Crippen molar-refractivity contribution in [3.05, 3.63) is 0 Å². The highest BCUT2D eigenvalue weighted by Crippen LogP contribution is 2.29. The van der Waals surface area contributed by atoms with Gasteiger partial charge in [-0.3, -0.25) is 0 Å². The average molecular weight is 170 g/mol. The minimum absolute atomic E-state index is 0.309. The number of alkyl halides is 3. The first-order valence-electron chi connectivity index (χ1n) is 3.47. The number of ether oxygens (including phenoxy) is 1. The van der Waals surface area contributed by atoms with E-state index < -0.39 is 18.2 Å². The third-order valence-electron chi connectivity index (χ3n) is 1.16. The summed E-state index contributed by atoms with van der Waals surface area (Å²) >= 11 is 0. The highest BCUT2D eigenvalue weighted by molar-refractivity contribution is 4.72. The molecule has 0 spiro atoms. The summed E-state index contributed by atoms with van der Waals surface area (Å²) in [5.41, 5.74) is -1.09. The monoisotopic (exact) mass is 170 g/mol. The van der Waals surface area contributed by atoms with E-state index in [-0.39, 0.29) is 0 Å². The van der Waals surface area contributed by atoms with Crippen LogP contribution < -0.4 is 0 Å². The van der Waals surface area contributed by atoms with Gasteiger partial charge < -0.3 is 4.74 Å². The second kappa shape index (κ2) is 3.43. The van der Waals surface area contributed by atoms with Crippen LogP contribution in [0, 0.1) is 0 Å². The van der Waals surface area contributed by atoms with E-state index in [0.717, 1.165) is 0 Å². The number of rotatable bonds is 3. The molecule has 4 heteroatoms. The predicted molar refractivity (Wildman–Crippen MR) is 36.4 cm³/mol. The van der Waals surface area contributed by atoms with Gasteiger partial charge in [0.2, 0.25) is 0 Å². The van der Waals surface area contributed by atoms with Crippen molar-refractivity contribution in [2.75, 3.05) is 6.61 Å². The maximum Gasteiger partial charge on any atom is 0.391 e. The molecule has 68 valence electrons. The van der Waals surface area contributed by atoms with E-state index in [4.69, 9.17) is 4.74 Å². The van der Waals surface area contributed by atoms with Gasteiger partial charge in [0.05, 0.1) is 12.0 Å². The van der Waals surface area contributed by atoms with Crippen LogP contribution in [-0.2, 0) is 4.74 Å². The lowest BCUT2D eigenvalue weighted by Gasteiger charge is -2.25. The average Bonchev–Trinajstić information content (AvgIpc) is 1.55. The molecule has 1 nitrogen and oxygen atoms in total. The largest absolute Gasteiger partial charge is 0.391 e. The van der Waals surface area contributed by atoms with Crippen molar-refractivity contribution in [2.24, 2.45) is 0 Å². The van der Waals surface area contributed by atoms with Crippen LogP contribution >= 0.6 is 0 Å². The van der Waals surface area contributed by atoms with E-state index in [2.05, 4.69) is 0 Å². The fourth-order valence-electron chi connectivity index (χ4n) is 0.924. The molecule has 0 aliphatic heterocycles. The van der Waals surface area contributed by atoms with E-state index in [1.54, 1.807) is 6.92 Å². The zero-order valence-electron chi connectivity index (χ0n) is 6.96. The summed E-state index contributed by atoms with van der Waals surface area (Å²) in [5, 5.41) is 0. The topological polar surface area (TPSA) is 9.23 Å². The molecule has 0 aliphatic carbocycles. The first-order chi connectivity index (χ1) is 4.77. The first kappa shape index (κ1) is 10.8. The molecule has 0 unspecified atom stereocenters. The lowest BCUT2D eigenvalue weighted by atomic mass is 10.1. The van der Waals surface area contributed by atoms with Crippen molar-refractivity contribution >= 4 is 0 Å². The van der Waals surface area contributed by atoms with Gasteiger partial charge in [0.15, 0.2) is 0 Å². The first-order valence-corrected chi connectivity index (χ1v) is 3.47. The molecular formula is C7H13F3O. The summed E-state index contributed by atoms with van der Waals surface area (Å²) in [6.07, 6.45) is -5.04. The highest BCUT2D eigenvalue weighted by Gasteiger charge is 2.36. The highest BCUT2D eigenvalue weighted by atomic mass is 19.4. The molecule has 11 heavy (non-hydrogen) atoms. The van der Waals surface area contributed by atoms with Gasteiger partial charge in [-0.2, -0.15) is 13.2 Å². The SMILES string of the molecule is CCOC(C)(C)CC(F)(F)F. The summed E-state index contributed by atoms with van der Waals surface area (Å²) in [5.74, 6) is 0. The quantitative estimate of drug-likeness (QED) is 0.632. The molecule has 0 aromatic carbocycles. The van der Waals surface area contributed by atoms with Crippen LogP contribution in [0.15, 0.2) is 0 Å². The number of halogens is 3. The summed E-state index contributed by atoms with van der Waals surface area (Å²) in [7, 11) is 0. The molecule has 0 saturated heterocycles. The third-order valence-corrected chi connectivity index (χ3v) is 1.16. The summed E-state index contributed by atoms with van der Waals surface area (Å²) in [6.45, 7) is 4.86. The Morgan fingerprint density at radius 1 is 1.18 bits per heavy atom. The smallest absolute Gasteiger partial charge is 0.376 e. The zero-order chi connectivity index (χ0) is 9.12. The molecule has 0 bridgehead atoms. The van der Waals surface area contributed by atoms with Crippen LogP contribution in [0.25, 0.3) is 0 Å². The molecular weight excluding hydrogens is 157 g/mol. The van der Waals surface area contributed by atoms with Crippen LogP contribution in [0.2, 0.25) is 0 Å². The Morgan fingerprint density at radius 3 is 1.91 bits per heavy atom. The molecule has 0 saturated carbocycles. The Kier molecular flexibility index (Phi) is 3.35. The predicted octanol–water partition coefficient (Wildman–Crippen LogP) is 2.75. The fraction of sp³-hybridized carbons (Fsp3) is 1.00. The van der Waals surface area contributed by atoms with Crippen molar-refractivity contribution < 1.29 is 17.9 Å². The van der Waals surface area contributed by atoms with E-state index in [0.29, 0.717) is 6.61 Å². The summed E-state index contributed by atoms with van der Waals surface area (Å²) in [4.78, 5) is 0. The van der Waals surface area contributed by atoms with Crippen molar-refractivity contribution in [1.29, 1.82) is 0 Å². The van der Waals surface area contributed by atoms with Gasteiger partial charge >= 0.3 is 6.18 Å². The molecule has 0 aromatic rings. The standard InChI is InChI=1S/C7H13F3O/c1-4-11-6(2,3)5-7(8,9)10/h4-5H2,1-3H3. The Balaban J connectivity index is 3.91. The molecule has 0 atom stereocenters. The van der Waals surface area contributed by atoms with Crippen LogP contribution in [0.4, 0.5) is 13.2 Å². The molecule has 0 radical (unpaired) electrons. The van der Waals surface area contributed by atoms with Crippen LogP contribution in [0.3, 0.4) is 0 Å². The van der Waals surface area contributed by atoms with Crippen LogP contribution in [0.1, 0.15) is 27.2 Å². The summed E-state index contributed by atoms with van der Waals surface area (Å²) < 4.78 is 40.3. The van der Waals surface area contributed by atoms with Gasteiger partial charge in [-0.25, -0.2) is 0 Å². The van der Waals surface area contributed by atoms with Crippen LogP contribution in [-0.4, -0.2) is 18.4 Å². The molecule has 0 N–H and O–H groups in total. The van der Waals surface area contributed by atoms with E-state index in [1.165, 1.54) is 13.8 Å². The molecule has 0 amide bonds. The van der Waals surface area contributed by atoms with Gasteiger partial charge in [-0.15, -0.1) is 0 Å². The minimum atomic E-state index is -4.14. The van der Waals surface area contributed by atoms with E-state index >= 15 is 0 Å². The lowest BCUT2D eigenvalue weighted by molar-refractivity contribution is -0.179. The molecule has 0 fully saturated rings. The second-order valence-corrected chi connectivity index (χ2v) is 2.98. The molecule has 0 rings (SSSR count). The molecule has 0 aromatic heterocycles. The normalized spacial score (nSPS) is 13.6. The van der Waals surface area contributed by atoms with Gasteiger partial charge in [0.25, 0.3) is 0 Å². The van der Waals surface area contributed by atoms with Gasteiger partial charge in [-0.1, -0.05) is 0 Å². The molecule has 0 heterocycles. The Bertz CT molecular complexity index is 117. The van der Waals surface area contributed by atoms with Gasteiger partial charge in [-0.05, 0) is 20.8 Å². The fourth-order valence-corrected chi connectivity index (χ4v) is 0.924. The zero-order valence-corrected chi connectivity index (χ0v) is 6.96. The third kappa shape index (κ3) is 6.16.